The van der Waals surface area contributed by atoms with Gasteiger partial charge >= 0.3 is 5.69 Å². The molecule has 0 spiro atoms. The lowest BCUT2D eigenvalue weighted by Gasteiger charge is -1.97. The molecule has 0 saturated heterocycles. The Balaban J connectivity index is 1.42. The molecule has 126 valence electrons. The maximum Gasteiger partial charge on any atom is 0.350 e. The van der Waals surface area contributed by atoms with Gasteiger partial charge in [-0.2, -0.15) is 0 Å². The summed E-state index contributed by atoms with van der Waals surface area (Å²) >= 11 is 7.35. The zero-order valence-corrected chi connectivity index (χ0v) is 14.5. The third-order valence-corrected chi connectivity index (χ3v) is 4.68. The number of aromatic amines is 1. The number of pyridine rings is 1. The second-order valence-electron chi connectivity index (χ2n) is 5.26. The zero-order valence-electron chi connectivity index (χ0n) is 13.0. The van der Waals surface area contributed by atoms with Gasteiger partial charge in [0.15, 0.2) is 11.5 Å². The average molecular weight is 373 g/mol. The number of hydrogen-bond donors (Lipinski definition) is 1. The van der Waals surface area contributed by atoms with Crippen molar-refractivity contribution in [2.75, 3.05) is 5.75 Å². The van der Waals surface area contributed by atoms with E-state index < -0.39 is 0 Å². The molecule has 9 heteroatoms. The van der Waals surface area contributed by atoms with Crippen LogP contribution in [0, 0.1) is 0 Å². The molecule has 0 bridgehead atoms. The van der Waals surface area contributed by atoms with E-state index in [1.54, 1.807) is 18.3 Å². The molecule has 0 atom stereocenters. The summed E-state index contributed by atoms with van der Waals surface area (Å²) in [5.74, 6) is 1.32. The molecule has 7 nitrogen and oxygen atoms in total. The number of rotatable bonds is 5. The third kappa shape index (κ3) is 3.31. The first kappa shape index (κ1) is 15.9. The van der Waals surface area contributed by atoms with Crippen LogP contribution >= 0.6 is 23.4 Å². The van der Waals surface area contributed by atoms with Gasteiger partial charge in [0.05, 0.1) is 6.54 Å². The van der Waals surface area contributed by atoms with E-state index in [1.165, 1.54) is 20.8 Å². The molecule has 0 unspecified atom stereocenters. The van der Waals surface area contributed by atoms with Gasteiger partial charge in [-0.15, -0.1) is 10.2 Å². The highest BCUT2D eigenvalue weighted by molar-refractivity contribution is 7.99. The largest absolute Gasteiger partial charge is 0.350 e. The summed E-state index contributed by atoms with van der Waals surface area (Å²) in [6, 6.07) is 12.8. The van der Waals surface area contributed by atoms with Gasteiger partial charge in [-0.3, -0.25) is 9.50 Å². The summed E-state index contributed by atoms with van der Waals surface area (Å²) in [5, 5.41) is 12.7. The maximum absolute atomic E-state index is 12.2. The predicted molar refractivity (Wildman–Crippen MR) is 97.0 cm³/mol. The fourth-order valence-corrected chi connectivity index (χ4v) is 3.22. The predicted octanol–water partition coefficient (Wildman–Crippen LogP) is 2.73. The third-order valence-electron chi connectivity index (χ3n) is 3.61. The van der Waals surface area contributed by atoms with E-state index in [0.717, 1.165) is 5.56 Å². The van der Waals surface area contributed by atoms with Crippen molar-refractivity contribution in [2.45, 2.75) is 11.7 Å². The SMILES string of the molecule is O=c1n(CCSc2n[nH]c(-c3ccc(Cl)cc3)n2)nc2ccccn12. The number of nitrogens with one attached hydrogen (secondary N) is 1. The molecule has 0 amide bonds. The number of thioether (sulfide) groups is 1. The van der Waals surface area contributed by atoms with Crippen molar-refractivity contribution < 1.29 is 0 Å². The topological polar surface area (TPSA) is 80.9 Å². The van der Waals surface area contributed by atoms with E-state index in [4.69, 9.17) is 11.6 Å². The highest BCUT2D eigenvalue weighted by Crippen LogP contribution is 2.20. The Kier molecular flexibility index (Phi) is 4.29. The fraction of sp³-hybridized carbons (Fsp3) is 0.125. The van der Waals surface area contributed by atoms with Crippen molar-refractivity contribution in [3.63, 3.8) is 0 Å². The molecule has 4 rings (SSSR count). The molecule has 3 heterocycles. The number of nitrogens with zero attached hydrogens (tertiary/aromatic N) is 5. The number of H-pyrrole nitrogens is 1. The first-order chi connectivity index (χ1) is 12.2. The molecule has 25 heavy (non-hydrogen) atoms. The number of halogens is 1. The summed E-state index contributed by atoms with van der Waals surface area (Å²) in [7, 11) is 0. The molecule has 0 saturated carbocycles. The van der Waals surface area contributed by atoms with Crippen LogP contribution in [-0.4, -0.2) is 35.1 Å². The summed E-state index contributed by atoms with van der Waals surface area (Å²) in [6.07, 6.45) is 1.71. The number of aromatic nitrogens is 6. The normalized spacial score (nSPS) is 11.2. The van der Waals surface area contributed by atoms with Crippen molar-refractivity contribution >= 4 is 29.0 Å². The zero-order chi connectivity index (χ0) is 17.2. The van der Waals surface area contributed by atoms with E-state index >= 15 is 0 Å². The van der Waals surface area contributed by atoms with Gasteiger partial charge in [0.25, 0.3) is 0 Å². The minimum absolute atomic E-state index is 0.145. The monoisotopic (exact) mass is 372 g/mol. The van der Waals surface area contributed by atoms with Gasteiger partial charge < -0.3 is 0 Å². The second kappa shape index (κ2) is 6.73. The van der Waals surface area contributed by atoms with Crippen LogP contribution in [0.15, 0.2) is 58.6 Å². The van der Waals surface area contributed by atoms with Gasteiger partial charge in [-0.1, -0.05) is 29.4 Å². The lowest BCUT2D eigenvalue weighted by atomic mass is 10.2. The van der Waals surface area contributed by atoms with E-state index in [2.05, 4.69) is 20.3 Å². The van der Waals surface area contributed by atoms with Crippen molar-refractivity contribution in [2.24, 2.45) is 0 Å². The molecule has 0 aliphatic heterocycles. The Labute approximate surface area is 151 Å². The molecule has 0 aliphatic rings. The molecule has 1 aromatic carbocycles. The first-order valence-corrected chi connectivity index (χ1v) is 8.92. The highest BCUT2D eigenvalue weighted by Gasteiger charge is 2.08. The number of benzene rings is 1. The van der Waals surface area contributed by atoms with Crippen LogP contribution in [-0.2, 0) is 6.54 Å². The summed E-state index contributed by atoms with van der Waals surface area (Å²) < 4.78 is 2.98. The Bertz CT molecular complexity index is 1070. The number of fused-ring (bicyclic) bond motifs is 1. The van der Waals surface area contributed by atoms with Crippen LogP contribution in [0.5, 0.6) is 0 Å². The first-order valence-electron chi connectivity index (χ1n) is 7.56. The van der Waals surface area contributed by atoms with Crippen LogP contribution in [0.3, 0.4) is 0 Å². The molecule has 0 aliphatic carbocycles. The van der Waals surface area contributed by atoms with E-state index in [0.29, 0.717) is 33.9 Å². The van der Waals surface area contributed by atoms with Gasteiger partial charge in [0, 0.05) is 22.5 Å². The Hall–Kier alpha value is -2.58. The van der Waals surface area contributed by atoms with Crippen molar-refractivity contribution in [1.82, 2.24) is 29.4 Å². The summed E-state index contributed by atoms with van der Waals surface area (Å²) in [6.45, 7) is 0.482. The van der Waals surface area contributed by atoms with Crippen LogP contribution in [0.2, 0.25) is 5.02 Å². The van der Waals surface area contributed by atoms with Crippen molar-refractivity contribution in [1.29, 1.82) is 0 Å². The minimum Gasteiger partial charge on any atom is -0.258 e. The minimum atomic E-state index is -0.145. The van der Waals surface area contributed by atoms with E-state index in [-0.39, 0.29) is 5.69 Å². The van der Waals surface area contributed by atoms with Crippen molar-refractivity contribution in [3.8, 4) is 11.4 Å². The molecular formula is C16H13ClN6OS. The lowest BCUT2D eigenvalue weighted by molar-refractivity contribution is 0.639. The smallest absolute Gasteiger partial charge is 0.258 e. The van der Waals surface area contributed by atoms with Gasteiger partial charge in [-0.05, 0) is 36.4 Å². The molecule has 0 fully saturated rings. The Morgan fingerprint density at radius 1 is 1.16 bits per heavy atom. The van der Waals surface area contributed by atoms with Crippen LogP contribution in [0.4, 0.5) is 0 Å². The highest BCUT2D eigenvalue weighted by atomic mass is 35.5. The Morgan fingerprint density at radius 3 is 2.80 bits per heavy atom. The molecule has 0 radical (unpaired) electrons. The second-order valence-corrected chi connectivity index (χ2v) is 6.76. The number of hydrogen-bond acceptors (Lipinski definition) is 5. The van der Waals surface area contributed by atoms with Gasteiger partial charge in [0.2, 0.25) is 5.16 Å². The quantitative estimate of drug-likeness (QED) is 0.545. The Morgan fingerprint density at radius 2 is 2.00 bits per heavy atom. The number of aryl methyl sites for hydroxylation is 1. The molecule has 3 aromatic heterocycles. The standard InChI is InChI=1S/C16H13ClN6OS/c17-12-6-4-11(5-7-12)14-18-15(20-19-14)25-10-9-23-16(24)22-8-2-1-3-13(22)21-23/h1-8H,9-10H2,(H,18,19,20). The van der Waals surface area contributed by atoms with Gasteiger partial charge in [-0.25, -0.2) is 14.5 Å². The molecular weight excluding hydrogens is 360 g/mol. The lowest BCUT2D eigenvalue weighted by Crippen LogP contribution is -2.21. The maximum atomic E-state index is 12.2. The van der Waals surface area contributed by atoms with Crippen molar-refractivity contribution in [3.05, 3.63) is 64.2 Å². The van der Waals surface area contributed by atoms with Gasteiger partial charge in [0.1, 0.15) is 0 Å². The molecule has 1 N–H and O–H groups in total. The summed E-state index contributed by atoms with van der Waals surface area (Å²) in [5.41, 5.74) is 1.41. The van der Waals surface area contributed by atoms with E-state index in [9.17, 15) is 4.79 Å². The van der Waals surface area contributed by atoms with E-state index in [1.807, 2.05) is 30.3 Å². The van der Waals surface area contributed by atoms with Crippen LogP contribution in [0.25, 0.3) is 17.0 Å². The van der Waals surface area contributed by atoms with Crippen LogP contribution < -0.4 is 5.69 Å². The fourth-order valence-electron chi connectivity index (χ4n) is 2.38. The summed E-state index contributed by atoms with van der Waals surface area (Å²) in [4.78, 5) is 16.6. The average Bonchev–Trinajstić information content (AvgIpc) is 3.22. The molecule has 4 aromatic rings. The van der Waals surface area contributed by atoms with Crippen LogP contribution in [0.1, 0.15) is 0 Å².